The summed E-state index contributed by atoms with van der Waals surface area (Å²) in [4.78, 5) is 14.6. The van der Waals surface area contributed by atoms with Gasteiger partial charge in [-0.05, 0) is 12.2 Å². The van der Waals surface area contributed by atoms with Crippen LogP contribution in [-0.4, -0.2) is 36.5 Å². The molecular weight excluding hydrogens is 146 g/mol. The van der Waals surface area contributed by atoms with Gasteiger partial charge in [0.2, 0.25) is 0 Å². The topological polar surface area (TPSA) is 58.9 Å². The van der Waals surface area contributed by atoms with Gasteiger partial charge >= 0.3 is 5.97 Å². The lowest BCUT2D eigenvalue weighted by Gasteiger charge is -2.20. The van der Waals surface area contributed by atoms with Crippen molar-refractivity contribution in [1.82, 2.24) is 0 Å². The molecule has 0 aromatic rings. The first-order chi connectivity index (χ1) is 5.19. The molecule has 4 heteroatoms. The molecular formula is C7H9NO3. The summed E-state index contributed by atoms with van der Waals surface area (Å²) in [5.74, 6) is -0.675. The van der Waals surface area contributed by atoms with Crippen molar-refractivity contribution in [3.05, 3.63) is 12.2 Å². The Bertz CT molecular complexity index is 222. The van der Waals surface area contributed by atoms with E-state index in [0.29, 0.717) is 0 Å². The molecule has 0 aromatic carbocycles. The largest absolute Gasteiger partial charge is 0.467 e. The summed E-state index contributed by atoms with van der Waals surface area (Å²) in [5, 5.41) is 9.46. The summed E-state index contributed by atoms with van der Waals surface area (Å²) in [7, 11) is 1.23. The second-order valence-electron chi connectivity index (χ2n) is 2.26. The van der Waals surface area contributed by atoms with E-state index in [0.717, 1.165) is 0 Å². The molecule has 0 bridgehead atoms. The average molecular weight is 155 g/mol. The Morgan fingerprint density at radius 2 is 2.55 bits per heavy atom. The van der Waals surface area contributed by atoms with Gasteiger partial charge in [-0.3, -0.25) is 4.99 Å². The maximum absolute atomic E-state index is 10.9. The van der Waals surface area contributed by atoms with E-state index in [-0.39, 0.29) is 6.54 Å². The Morgan fingerprint density at radius 1 is 1.82 bits per heavy atom. The Labute approximate surface area is 64.2 Å². The fourth-order valence-corrected chi connectivity index (χ4v) is 0.817. The number of allylic oxidation sites excluding steroid dienone is 1. The average Bonchev–Trinajstić information content (AvgIpc) is 2.04. The summed E-state index contributed by atoms with van der Waals surface area (Å²) >= 11 is 0. The van der Waals surface area contributed by atoms with Crippen LogP contribution in [0.25, 0.3) is 0 Å². The minimum Gasteiger partial charge on any atom is -0.467 e. The fraction of sp³-hybridized carbons (Fsp3) is 0.429. The molecule has 0 radical (unpaired) electrons. The Balaban J connectivity index is 2.75. The van der Waals surface area contributed by atoms with E-state index in [9.17, 15) is 9.90 Å². The highest BCUT2D eigenvalue weighted by atomic mass is 16.5. The smallest absolute Gasteiger partial charge is 0.343 e. The summed E-state index contributed by atoms with van der Waals surface area (Å²) < 4.78 is 4.38. The van der Waals surface area contributed by atoms with Gasteiger partial charge in [0.1, 0.15) is 0 Å². The molecule has 11 heavy (non-hydrogen) atoms. The SMILES string of the molecule is COC(=O)C1(O)C=CC=NC1. The first kappa shape index (κ1) is 7.94. The zero-order valence-electron chi connectivity index (χ0n) is 6.15. The molecule has 1 heterocycles. The third kappa shape index (κ3) is 1.46. The van der Waals surface area contributed by atoms with Crippen molar-refractivity contribution in [3.63, 3.8) is 0 Å². The zero-order valence-corrected chi connectivity index (χ0v) is 6.15. The highest BCUT2D eigenvalue weighted by Gasteiger charge is 2.34. The monoisotopic (exact) mass is 155 g/mol. The van der Waals surface area contributed by atoms with E-state index in [4.69, 9.17) is 0 Å². The summed E-state index contributed by atoms with van der Waals surface area (Å²) in [5.41, 5.74) is -1.55. The normalized spacial score (nSPS) is 28.5. The van der Waals surface area contributed by atoms with Gasteiger partial charge in [-0.25, -0.2) is 4.79 Å². The number of aliphatic imine (C=N–C) groups is 1. The van der Waals surface area contributed by atoms with Gasteiger partial charge < -0.3 is 9.84 Å². The number of methoxy groups -OCH3 is 1. The molecule has 1 aliphatic rings. The predicted octanol–water partition coefficient (Wildman–Crippen LogP) is -0.469. The van der Waals surface area contributed by atoms with Crippen molar-refractivity contribution in [2.45, 2.75) is 5.60 Å². The van der Waals surface area contributed by atoms with Crippen molar-refractivity contribution in [1.29, 1.82) is 0 Å². The molecule has 1 aliphatic heterocycles. The quantitative estimate of drug-likeness (QED) is 0.521. The molecule has 1 rings (SSSR count). The summed E-state index contributed by atoms with van der Waals surface area (Å²) in [6, 6.07) is 0. The maximum Gasteiger partial charge on any atom is 0.343 e. The predicted molar refractivity (Wildman–Crippen MR) is 39.5 cm³/mol. The summed E-state index contributed by atoms with van der Waals surface area (Å²) in [6.45, 7) is 0.0379. The van der Waals surface area contributed by atoms with Crippen LogP contribution in [0.1, 0.15) is 0 Å². The van der Waals surface area contributed by atoms with Crippen LogP contribution in [0.2, 0.25) is 0 Å². The van der Waals surface area contributed by atoms with Crippen LogP contribution in [0.5, 0.6) is 0 Å². The van der Waals surface area contributed by atoms with Crippen LogP contribution in [0, 0.1) is 0 Å². The standard InChI is InChI=1S/C7H9NO3/c1-11-6(9)7(10)3-2-4-8-5-7/h2-4,10H,5H2,1H3. The van der Waals surface area contributed by atoms with E-state index >= 15 is 0 Å². The van der Waals surface area contributed by atoms with Gasteiger partial charge in [-0.2, -0.15) is 0 Å². The number of aliphatic hydroxyl groups is 1. The zero-order chi connectivity index (χ0) is 8.32. The van der Waals surface area contributed by atoms with Crippen LogP contribution in [0.4, 0.5) is 0 Å². The lowest BCUT2D eigenvalue weighted by molar-refractivity contribution is -0.156. The van der Waals surface area contributed by atoms with Gasteiger partial charge in [0.15, 0.2) is 5.60 Å². The molecule has 1 N–H and O–H groups in total. The Morgan fingerprint density at radius 3 is 3.00 bits per heavy atom. The number of hydrogen-bond donors (Lipinski definition) is 1. The van der Waals surface area contributed by atoms with E-state index in [2.05, 4.69) is 9.73 Å². The van der Waals surface area contributed by atoms with Crippen LogP contribution in [0.15, 0.2) is 17.1 Å². The molecule has 0 aromatic heterocycles. The number of esters is 1. The molecule has 1 atom stereocenters. The van der Waals surface area contributed by atoms with Crippen LogP contribution in [0.3, 0.4) is 0 Å². The number of carbonyl (C=O) groups is 1. The molecule has 0 spiro atoms. The van der Waals surface area contributed by atoms with E-state index < -0.39 is 11.6 Å². The van der Waals surface area contributed by atoms with Gasteiger partial charge in [0.05, 0.1) is 13.7 Å². The number of nitrogens with zero attached hydrogens (tertiary/aromatic N) is 1. The highest BCUT2D eigenvalue weighted by molar-refractivity contribution is 5.86. The minimum atomic E-state index is -1.55. The van der Waals surface area contributed by atoms with Crippen molar-refractivity contribution in [2.24, 2.45) is 4.99 Å². The maximum atomic E-state index is 10.9. The van der Waals surface area contributed by atoms with Crippen molar-refractivity contribution in [2.75, 3.05) is 13.7 Å². The van der Waals surface area contributed by atoms with Crippen molar-refractivity contribution in [3.8, 4) is 0 Å². The van der Waals surface area contributed by atoms with Crippen molar-refractivity contribution >= 4 is 12.2 Å². The van der Waals surface area contributed by atoms with E-state index in [1.165, 1.54) is 25.5 Å². The lowest BCUT2D eigenvalue weighted by Crippen LogP contribution is -2.41. The molecule has 60 valence electrons. The third-order valence-corrected chi connectivity index (χ3v) is 1.43. The highest BCUT2D eigenvalue weighted by Crippen LogP contribution is 2.11. The van der Waals surface area contributed by atoms with E-state index in [1.807, 2.05) is 0 Å². The van der Waals surface area contributed by atoms with Gasteiger partial charge in [0, 0.05) is 6.21 Å². The van der Waals surface area contributed by atoms with Crippen molar-refractivity contribution < 1.29 is 14.6 Å². The van der Waals surface area contributed by atoms with Crippen LogP contribution >= 0.6 is 0 Å². The molecule has 0 saturated heterocycles. The number of dihydropyridines is 1. The molecule has 0 amide bonds. The first-order valence-electron chi connectivity index (χ1n) is 3.17. The minimum absolute atomic E-state index is 0.0379. The molecule has 0 aliphatic carbocycles. The number of ether oxygens (including phenoxy) is 1. The van der Waals surface area contributed by atoms with Gasteiger partial charge in [-0.15, -0.1) is 0 Å². The van der Waals surface area contributed by atoms with Gasteiger partial charge in [0.25, 0.3) is 0 Å². The molecule has 4 nitrogen and oxygen atoms in total. The molecule has 1 unspecified atom stereocenters. The second-order valence-corrected chi connectivity index (χ2v) is 2.26. The Hall–Kier alpha value is -1.16. The Kier molecular flexibility index (Phi) is 2.05. The number of rotatable bonds is 1. The van der Waals surface area contributed by atoms with Crippen LogP contribution in [-0.2, 0) is 9.53 Å². The first-order valence-corrected chi connectivity index (χ1v) is 3.17. The molecule has 0 fully saturated rings. The summed E-state index contributed by atoms with van der Waals surface area (Å²) in [6.07, 6.45) is 4.41. The fourth-order valence-electron chi connectivity index (χ4n) is 0.817. The molecule has 0 saturated carbocycles. The number of hydrogen-bond acceptors (Lipinski definition) is 4. The van der Waals surface area contributed by atoms with Gasteiger partial charge in [-0.1, -0.05) is 0 Å². The number of carbonyl (C=O) groups excluding carboxylic acids is 1. The van der Waals surface area contributed by atoms with E-state index in [1.54, 1.807) is 0 Å². The lowest BCUT2D eigenvalue weighted by atomic mass is 10.0. The second kappa shape index (κ2) is 2.84. The third-order valence-electron chi connectivity index (χ3n) is 1.43. The van der Waals surface area contributed by atoms with Crippen LogP contribution < -0.4 is 0 Å².